The second kappa shape index (κ2) is 15.7. The molecule has 0 nitrogen and oxygen atoms in total. The second-order valence-electron chi connectivity index (χ2n) is 0. The van der Waals surface area contributed by atoms with Gasteiger partial charge in [-0.25, -0.2) is 0 Å². The van der Waals surface area contributed by atoms with Gasteiger partial charge in [0.2, 0.25) is 0 Å². The van der Waals surface area contributed by atoms with Gasteiger partial charge in [0, 0.05) is 150 Å². The van der Waals surface area contributed by atoms with E-state index in [-0.39, 0.29) is 150 Å². The van der Waals surface area contributed by atoms with Gasteiger partial charge >= 0.3 is 0 Å². The molecule has 0 saturated heterocycles. The van der Waals surface area contributed by atoms with E-state index >= 15 is 0 Å². The largest absolute Gasteiger partial charge is 0 e. The van der Waals surface area contributed by atoms with Crippen LogP contribution in [-0.4, -0.2) is 25.8 Å². The van der Waals surface area contributed by atoms with Crippen LogP contribution in [0, 0.1) is 124 Å². The summed E-state index contributed by atoms with van der Waals surface area (Å²) in [6.07, 6.45) is 0. The van der Waals surface area contributed by atoms with E-state index in [9.17, 15) is 0 Å². The van der Waals surface area contributed by atoms with Gasteiger partial charge in [-0.1, -0.05) is 0 Å². The molecule has 12 valence electrons. The molecule has 0 rings (SSSR count). The Hall–Kier alpha value is 4.96. The Morgan fingerprint density at radius 2 is 0.500 bits per heavy atom. The molecule has 0 aliphatic heterocycles. The number of rotatable bonds is 0. The van der Waals surface area contributed by atoms with Crippen LogP contribution in [0.5, 0.6) is 0 Å². The van der Waals surface area contributed by atoms with E-state index in [0.29, 0.717) is 0 Å². The van der Waals surface area contributed by atoms with Gasteiger partial charge in [-0.2, -0.15) is 0 Å². The van der Waals surface area contributed by atoms with Crippen LogP contribution in [0.25, 0.3) is 0 Å². The van der Waals surface area contributed by atoms with Crippen molar-refractivity contribution in [2.45, 2.75) is 0 Å². The van der Waals surface area contributed by atoms with E-state index in [0.717, 1.165) is 0 Å². The third-order valence-electron chi connectivity index (χ3n) is 0. The van der Waals surface area contributed by atoms with Crippen LogP contribution < -0.4 is 0 Å². The fourth-order valence-electron chi connectivity index (χ4n) is 0. The Balaban J connectivity index is 0. The van der Waals surface area contributed by atoms with Crippen molar-refractivity contribution in [1.82, 2.24) is 0 Å². The van der Waals surface area contributed by atoms with Crippen molar-refractivity contribution >= 4 is 25.8 Å². The third-order valence-corrected chi connectivity index (χ3v) is 0. The van der Waals surface area contributed by atoms with E-state index in [1.165, 1.54) is 0 Å². The fourth-order valence-corrected chi connectivity index (χ4v) is 0. The normalized spacial score (nSPS) is 0. The first-order valence-electron chi connectivity index (χ1n) is 0. The molecule has 0 heterocycles. The summed E-state index contributed by atoms with van der Waals surface area (Å²) in [7, 11) is 0. The molecule has 0 spiro atoms. The molecule has 0 aliphatic carbocycles. The summed E-state index contributed by atoms with van der Waals surface area (Å²) < 4.78 is 0. The molecule has 0 aliphatic rings. The van der Waals surface area contributed by atoms with Gasteiger partial charge < -0.3 is 0 Å². The fraction of sp³-hybridized carbons (Fsp3) is 0. The summed E-state index contributed by atoms with van der Waals surface area (Å²) in [5.41, 5.74) is 0. The summed E-state index contributed by atoms with van der Waals surface area (Å²) in [4.78, 5) is 0. The van der Waals surface area contributed by atoms with Crippen LogP contribution in [0.4, 0.5) is 0 Å². The van der Waals surface area contributed by atoms with Crippen molar-refractivity contribution in [3.05, 3.63) is 0 Å². The zero-order chi connectivity index (χ0) is 0. The molecule has 4 heteroatoms. The molecule has 0 unspecified atom stereocenters. The summed E-state index contributed by atoms with van der Waals surface area (Å²) in [6.45, 7) is 0. The maximum Gasteiger partial charge on any atom is 0 e. The maximum absolute atomic E-state index is 0. The van der Waals surface area contributed by atoms with Gasteiger partial charge in [0.05, 0.1) is 0 Å². The average molecular weight is 538 g/mol. The van der Waals surface area contributed by atoms with Crippen molar-refractivity contribution in [2.24, 2.45) is 0 Å². The van der Waals surface area contributed by atoms with Gasteiger partial charge in [0.25, 0.3) is 0 Å². The molecule has 4 heavy (non-hydrogen) atoms. The predicted octanol–water partition coefficient (Wildman–Crippen LogP) is -0.381. The second-order valence-corrected chi connectivity index (χ2v) is 0. The molecular weight excluding hydrogens is 538 g/mol. The summed E-state index contributed by atoms with van der Waals surface area (Å²) in [6, 6.07) is 0. The van der Waals surface area contributed by atoms with E-state index in [1.54, 1.807) is 0 Å². The molecule has 0 bridgehead atoms. The van der Waals surface area contributed by atoms with Crippen molar-refractivity contribution in [3.8, 4) is 0 Å². The summed E-state index contributed by atoms with van der Waals surface area (Å²) in [5, 5.41) is 0. The molecule has 0 atom stereocenters. The summed E-state index contributed by atoms with van der Waals surface area (Å²) >= 11 is 0. The number of hydrogen-bond donors (Lipinski definition) is 0. The maximum atomic E-state index is 0. The van der Waals surface area contributed by atoms with Gasteiger partial charge in [0.15, 0.2) is 0 Å². The average Bonchev–Trinajstić information content (AvgIpc) is 0. The van der Waals surface area contributed by atoms with Gasteiger partial charge in [-0.15, -0.1) is 0 Å². The molecular formula is InPr3. The molecule has 0 aromatic carbocycles. The summed E-state index contributed by atoms with van der Waals surface area (Å²) in [5.74, 6) is 0. The monoisotopic (exact) mass is 538 g/mol. The van der Waals surface area contributed by atoms with Crippen molar-refractivity contribution in [2.75, 3.05) is 0 Å². The van der Waals surface area contributed by atoms with Crippen LogP contribution in [0.2, 0.25) is 0 Å². The molecule has 0 fully saturated rings. The Bertz CT molecular complexity index is 3.25. The first-order valence-corrected chi connectivity index (χ1v) is 0. The molecule has 0 saturated carbocycles. The Kier molecular flexibility index (Phi) is 90.4. The smallest absolute Gasteiger partial charge is 0 e. The van der Waals surface area contributed by atoms with Crippen LogP contribution in [0.1, 0.15) is 0 Å². The minimum absolute atomic E-state index is 0. The van der Waals surface area contributed by atoms with Gasteiger partial charge in [0.1, 0.15) is 0 Å². The minimum atomic E-state index is 0. The van der Waals surface area contributed by atoms with Crippen LogP contribution in [0.3, 0.4) is 0 Å². The van der Waals surface area contributed by atoms with Crippen LogP contribution in [-0.2, 0) is 0 Å². The molecule has 0 amide bonds. The standard InChI is InChI=1S/In.3Pr. The van der Waals surface area contributed by atoms with E-state index in [1.807, 2.05) is 0 Å². The predicted molar refractivity (Wildman–Crippen MR) is 5.75 cm³/mol. The SMILES string of the molecule is [In].[Pr].[Pr].[Pr]. The molecule has 0 N–H and O–H groups in total. The van der Waals surface area contributed by atoms with Crippen molar-refractivity contribution in [3.63, 3.8) is 0 Å². The first kappa shape index (κ1) is 23.1. The van der Waals surface area contributed by atoms with E-state index in [4.69, 9.17) is 0 Å². The third kappa shape index (κ3) is 10.1. The van der Waals surface area contributed by atoms with Gasteiger partial charge in [-0.05, 0) is 0 Å². The zero-order valence-corrected chi connectivity index (χ0v) is 16.7. The van der Waals surface area contributed by atoms with Crippen molar-refractivity contribution < 1.29 is 124 Å². The minimum Gasteiger partial charge on any atom is 0 e. The number of hydrogen-bond acceptors (Lipinski definition) is 0. The first-order chi connectivity index (χ1) is 0. The Morgan fingerprint density at radius 1 is 0.500 bits per heavy atom. The van der Waals surface area contributed by atoms with E-state index < -0.39 is 0 Å². The van der Waals surface area contributed by atoms with Gasteiger partial charge in [-0.3, -0.25) is 0 Å². The molecule has 6 radical (unpaired) electrons. The van der Waals surface area contributed by atoms with Crippen molar-refractivity contribution in [1.29, 1.82) is 0 Å². The van der Waals surface area contributed by atoms with Crippen LogP contribution in [0.15, 0.2) is 0 Å². The van der Waals surface area contributed by atoms with E-state index in [2.05, 4.69) is 0 Å². The Morgan fingerprint density at radius 3 is 0.500 bits per heavy atom. The zero-order valence-electron chi connectivity index (χ0n) is 2.31. The van der Waals surface area contributed by atoms with Crippen LogP contribution >= 0.6 is 0 Å². The Labute approximate surface area is 145 Å². The quantitative estimate of drug-likeness (QED) is 0.396. The topological polar surface area (TPSA) is 0 Å². The molecule has 0 aromatic rings. The molecule has 0 aromatic heterocycles.